The molecule has 0 saturated carbocycles. The average molecular weight is 305 g/mol. The van der Waals surface area contributed by atoms with Gasteiger partial charge in [0.25, 0.3) is 0 Å². The minimum absolute atomic E-state index is 0.486. The Labute approximate surface area is 125 Å². The average Bonchev–Trinajstić information content (AvgIpc) is 2.39. The molecule has 2 N–H and O–H groups in total. The number of unbranched alkanes of at least 4 members (excludes halogenated alkanes) is 1. The molecule has 0 bridgehead atoms. The summed E-state index contributed by atoms with van der Waals surface area (Å²) in [6, 6.07) is 8.06. The second-order valence-corrected chi connectivity index (χ2v) is 4.55. The molecule has 1 aromatic carbocycles. The van der Waals surface area contributed by atoms with E-state index in [0.717, 1.165) is 12.1 Å². The smallest absolute Gasteiger partial charge is 0.399 e. The molecule has 0 aliphatic carbocycles. The fourth-order valence-corrected chi connectivity index (χ4v) is 1.04. The maximum atomic E-state index is 10.8. The van der Waals surface area contributed by atoms with Gasteiger partial charge in [-0.05, 0) is 24.1 Å². The van der Waals surface area contributed by atoms with Crippen LogP contribution in [0, 0.1) is 0 Å². The number of Topliss-reactive ketones (excluding diaryl/α,β-unsaturated/α-hetero) is 1. The molecule has 1 rings (SSSR count). The first-order chi connectivity index (χ1) is 9.68. The van der Waals surface area contributed by atoms with Crippen LogP contribution in [0.4, 0.5) is 18.9 Å². The Morgan fingerprint density at radius 3 is 1.86 bits per heavy atom. The van der Waals surface area contributed by atoms with Crippen LogP contribution in [0.25, 0.3) is 0 Å². The largest absolute Gasteiger partial charge is 0.449 e. The molecule has 21 heavy (non-hydrogen) atoms. The topological polar surface area (TPSA) is 43.1 Å². The number of hydrogen-bond acceptors (Lipinski definition) is 2. The summed E-state index contributed by atoms with van der Waals surface area (Å²) in [5, 5.41) is 0. The predicted molar refractivity (Wildman–Crippen MR) is 82.2 cm³/mol. The Hall–Kier alpha value is -1.52. The number of alkyl halides is 3. The minimum Gasteiger partial charge on any atom is -0.399 e. The van der Waals surface area contributed by atoms with Crippen molar-refractivity contribution < 1.29 is 18.0 Å². The molecule has 0 spiro atoms. The highest BCUT2D eigenvalue weighted by molar-refractivity contribution is 5.81. The van der Waals surface area contributed by atoms with Gasteiger partial charge in [0.05, 0.1) is 0 Å². The van der Waals surface area contributed by atoms with E-state index in [-0.39, 0.29) is 0 Å². The molecule has 122 valence electrons. The highest BCUT2D eigenvalue weighted by atomic mass is 19.4. The first-order valence-electron chi connectivity index (χ1n) is 7.11. The van der Waals surface area contributed by atoms with Crippen molar-refractivity contribution in [3.05, 3.63) is 29.8 Å². The SMILES string of the molecule is CC(=O)C(F)(F)F.CCCC.CCCc1cccc(N)c1. The molecule has 0 atom stereocenters. The van der Waals surface area contributed by atoms with Crippen LogP contribution in [0.1, 0.15) is 52.5 Å². The third-order valence-electron chi connectivity index (χ3n) is 2.39. The van der Waals surface area contributed by atoms with Crippen LogP contribution < -0.4 is 5.73 Å². The molecule has 0 heterocycles. The molecule has 0 unspecified atom stereocenters. The van der Waals surface area contributed by atoms with Gasteiger partial charge in [-0.2, -0.15) is 13.2 Å². The molecule has 2 nitrogen and oxygen atoms in total. The maximum absolute atomic E-state index is 10.8. The number of nitrogen functional groups attached to an aromatic ring is 1. The molecule has 0 saturated heterocycles. The van der Waals surface area contributed by atoms with Crippen LogP contribution in [0.2, 0.25) is 0 Å². The number of ketones is 1. The number of carbonyl (C=O) groups excluding carboxylic acids is 1. The van der Waals surface area contributed by atoms with E-state index >= 15 is 0 Å². The first kappa shape index (κ1) is 21.8. The highest BCUT2D eigenvalue weighted by Crippen LogP contribution is 2.14. The molecule has 0 radical (unpaired) electrons. The zero-order valence-electron chi connectivity index (χ0n) is 13.3. The van der Waals surface area contributed by atoms with Crippen molar-refractivity contribution in [1.82, 2.24) is 0 Å². The van der Waals surface area contributed by atoms with Crippen LogP contribution in [-0.4, -0.2) is 12.0 Å². The van der Waals surface area contributed by atoms with Crippen LogP contribution in [0.5, 0.6) is 0 Å². The molecule has 0 amide bonds. The van der Waals surface area contributed by atoms with Gasteiger partial charge in [-0.1, -0.05) is 52.2 Å². The van der Waals surface area contributed by atoms with Gasteiger partial charge in [-0.25, -0.2) is 0 Å². The van der Waals surface area contributed by atoms with Crippen LogP contribution in [0.3, 0.4) is 0 Å². The third-order valence-corrected chi connectivity index (χ3v) is 2.39. The van der Waals surface area contributed by atoms with Gasteiger partial charge in [0.2, 0.25) is 5.78 Å². The molecule has 0 aliphatic rings. The lowest BCUT2D eigenvalue weighted by Crippen LogP contribution is -2.18. The lowest BCUT2D eigenvalue weighted by atomic mass is 10.1. The van der Waals surface area contributed by atoms with Crippen molar-refractivity contribution in [1.29, 1.82) is 0 Å². The van der Waals surface area contributed by atoms with Crippen LogP contribution in [-0.2, 0) is 11.2 Å². The number of rotatable bonds is 3. The van der Waals surface area contributed by atoms with Crippen molar-refractivity contribution in [2.75, 3.05) is 5.73 Å². The Balaban J connectivity index is 0. The van der Waals surface area contributed by atoms with Gasteiger partial charge in [0, 0.05) is 12.6 Å². The van der Waals surface area contributed by atoms with E-state index in [1.807, 2.05) is 18.2 Å². The lowest BCUT2D eigenvalue weighted by molar-refractivity contribution is -0.168. The Morgan fingerprint density at radius 1 is 1.10 bits per heavy atom. The van der Waals surface area contributed by atoms with E-state index in [1.54, 1.807) is 0 Å². The summed E-state index contributed by atoms with van der Waals surface area (Å²) in [5.41, 5.74) is 7.79. The van der Waals surface area contributed by atoms with Gasteiger partial charge < -0.3 is 5.73 Å². The Kier molecular flexibility index (Phi) is 12.7. The molecular formula is C16H26F3NO. The monoisotopic (exact) mass is 305 g/mol. The minimum atomic E-state index is -4.64. The number of hydrogen-bond donors (Lipinski definition) is 1. The number of aryl methyl sites for hydroxylation is 1. The molecule has 0 aliphatic heterocycles. The molecule has 5 heteroatoms. The lowest BCUT2D eigenvalue weighted by Gasteiger charge is -1.98. The van der Waals surface area contributed by atoms with Crippen LogP contribution in [0.15, 0.2) is 24.3 Å². The number of halogens is 3. The number of benzene rings is 1. The van der Waals surface area contributed by atoms with Gasteiger partial charge in [0.1, 0.15) is 0 Å². The zero-order chi connectivity index (χ0) is 16.9. The molecule has 0 aromatic heterocycles. The van der Waals surface area contributed by atoms with Crippen molar-refractivity contribution in [2.45, 2.75) is 59.6 Å². The Morgan fingerprint density at radius 2 is 1.57 bits per heavy atom. The number of carbonyl (C=O) groups is 1. The number of nitrogens with two attached hydrogens (primary N) is 1. The van der Waals surface area contributed by atoms with E-state index in [2.05, 4.69) is 26.8 Å². The van der Waals surface area contributed by atoms with E-state index < -0.39 is 12.0 Å². The molecule has 0 fully saturated rings. The molecule has 1 aromatic rings. The van der Waals surface area contributed by atoms with Crippen molar-refractivity contribution in [3.63, 3.8) is 0 Å². The summed E-state index contributed by atoms with van der Waals surface area (Å²) in [4.78, 5) is 9.34. The fraction of sp³-hybridized carbons (Fsp3) is 0.562. The maximum Gasteiger partial charge on any atom is 0.449 e. The van der Waals surface area contributed by atoms with E-state index in [4.69, 9.17) is 5.73 Å². The van der Waals surface area contributed by atoms with Crippen LogP contribution >= 0.6 is 0 Å². The highest BCUT2D eigenvalue weighted by Gasteiger charge is 2.33. The van der Waals surface area contributed by atoms with E-state index in [1.165, 1.54) is 24.8 Å². The third kappa shape index (κ3) is 14.7. The van der Waals surface area contributed by atoms with Gasteiger partial charge in [-0.15, -0.1) is 0 Å². The zero-order valence-corrected chi connectivity index (χ0v) is 13.3. The van der Waals surface area contributed by atoms with E-state index in [9.17, 15) is 18.0 Å². The van der Waals surface area contributed by atoms with Gasteiger partial charge >= 0.3 is 6.18 Å². The summed E-state index contributed by atoms with van der Waals surface area (Å²) in [7, 11) is 0. The van der Waals surface area contributed by atoms with Gasteiger partial charge in [0.15, 0.2) is 0 Å². The summed E-state index contributed by atoms with van der Waals surface area (Å²) in [6.45, 7) is 7.02. The van der Waals surface area contributed by atoms with Crippen molar-refractivity contribution >= 4 is 11.5 Å². The standard InChI is InChI=1S/C9H13N.C4H10.C3H3F3O/c1-2-4-8-5-3-6-9(10)7-8;1-3-4-2;1-2(7)3(4,5)6/h3,5-7H,2,4,10H2,1H3;3-4H2,1-2H3;1H3. The Bertz CT molecular complexity index is 387. The summed E-state index contributed by atoms with van der Waals surface area (Å²) in [5.74, 6) is -1.76. The van der Waals surface area contributed by atoms with Crippen molar-refractivity contribution in [3.8, 4) is 0 Å². The predicted octanol–water partition coefficient (Wildman–Crippen LogP) is 5.17. The van der Waals surface area contributed by atoms with Gasteiger partial charge in [-0.3, -0.25) is 4.79 Å². The summed E-state index contributed by atoms with van der Waals surface area (Å²) in [6.07, 6.45) is 0.314. The normalized spacial score (nSPS) is 9.86. The summed E-state index contributed by atoms with van der Waals surface area (Å²) >= 11 is 0. The first-order valence-corrected chi connectivity index (χ1v) is 7.11. The quantitative estimate of drug-likeness (QED) is 0.783. The molecular weight excluding hydrogens is 279 g/mol. The number of anilines is 1. The second-order valence-electron chi connectivity index (χ2n) is 4.55. The van der Waals surface area contributed by atoms with Crippen molar-refractivity contribution in [2.24, 2.45) is 0 Å². The van der Waals surface area contributed by atoms with E-state index in [0.29, 0.717) is 6.92 Å². The fourth-order valence-electron chi connectivity index (χ4n) is 1.04. The second kappa shape index (κ2) is 12.2. The summed E-state index contributed by atoms with van der Waals surface area (Å²) < 4.78 is 32.5.